The van der Waals surface area contributed by atoms with E-state index in [1.165, 1.54) is 7.11 Å². The Hall–Kier alpha value is -1.72. The minimum Gasteiger partial charge on any atom is -0.469 e. The maximum atomic E-state index is 12.5. The molecule has 0 spiro atoms. The Morgan fingerprint density at radius 2 is 2.05 bits per heavy atom. The van der Waals surface area contributed by atoms with Crippen LogP contribution in [0.2, 0.25) is 0 Å². The van der Waals surface area contributed by atoms with E-state index in [0.29, 0.717) is 5.56 Å². The van der Waals surface area contributed by atoms with Gasteiger partial charge < -0.3 is 15.2 Å². The number of Topliss-reactive ketones (excluding diaryl/α,β-unsaturated/α-hetero) is 1. The van der Waals surface area contributed by atoms with Gasteiger partial charge in [-0.2, -0.15) is 0 Å². The Balaban J connectivity index is 2.93. The number of hydrogen-bond acceptors (Lipinski definition) is 5. The molecular formula is C15H21NO4. The van der Waals surface area contributed by atoms with Gasteiger partial charge in [0.05, 0.1) is 26.2 Å². The van der Waals surface area contributed by atoms with Gasteiger partial charge in [0.2, 0.25) is 0 Å². The highest BCUT2D eigenvalue weighted by molar-refractivity contribution is 6.02. The van der Waals surface area contributed by atoms with E-state index in [4.69, 9.17) is 5.11 Å². The van der Waals surface area contributed by atoms with Gasteiger partial charge in [-0.15, -0.1) is 0 Å². The fourth-order valence-electron chi connectivity index (χ4n) is 2.02. The SMILES string of the molecule is COC(=O)CC(NCCO)C(=O)c1ccc(C)cc1C. The van der Waals surface area contributed by atoms with Crippen LogP contribution in [0.4, 0.5) is 0 Å². The number of aliphatic hydroxyl groups is 1. The van der Waals surface area contributed by atoms with Crippen LogP contribution in [0, 0.1) is 13.8 Å². The number of aryl methyl sites for hydroxylation is 2. The average Bonchev–Trinajstić information content (AvgIpc) is 2.42. The molecule has 0 saturated heterocycles. The first-order valence-corrected chi connectivity index (χ1v) is 6.52. The number of nitrogens with one attached hydrogen (secondary N) is 1. The molecule has 1 unspecified atom stereocenters. The predicted molar refractivity (Wildman–Crippen MR) is 75.8 cm³/mol. The van der Waals surface area contributed by atoms with Gasteiger partial charge in [0.25, 0.3) is 0 Å². The molecule has 0 aliphatic rings. The van der Waals surface area contributed by atoms with Crippen molar-refractivity contribution < 1.29 is 19.4 Å². The lowest BCUT2D eigenvalue weighted by molar-refractivity contribution is -0.141. The van der Waals surface area contributed by atoms with Crippen LogP contribution in [0.15, 0.2) is 18.2 Å². The van der Waals surface area contributed by atoms with Gasteiger partial charge in [0.1, 0.15) is 0 Å². The zero-order valence-electron chi connectivity index (χ0n) is 12.1. The van der Waals surface area contributed by atoms with Crippen molar-refractivity contribution in [3.63, 3.8) is 0 Å². The molecule has 0 aromatic heterocycles. The zero-order valence-corrected chi connectivity index (χ0v) is 12.1. The second-order valence-corrected chi connectivity index (χ2v) is 4.69. The number of ketones is 1. The van der Waals surface area contributed by atoms with Crippen molar-refractivity contribution in [2.24, 2.45) is 0 Å². The summed E-state index contributed by atoms with van der Waals surface area (Å²) in [6.07, 6.45) is -0.0529. The van der Waals surface area contributed by atoms with Crippen molar-refractivity contribution in [1.29, 1.82) is 0 Å². The number of ether oxygens (including phenoxy) is 1. The first-order chi connectivity index (χ1) is 9.49. The van der Waals surface area contributed by atoms with Gasteiger partial charge in [0, 0.05) is 12.1 Å². The standard InChI is InChI=1S/C15H21NO4/c1-10-4-5-12(11(2)8-10)15(19)13(16-6-7-17)9-14(18)20-3/h4-5,8,13,16-17H,6-7,9H2,1-3H3. The molecule has 0 aliphatic heterocycles. The normalized spacial score (nSPS) is 12.0. The minimum atomic E-state index is -0.684. The van der Waals surface area contributed by atoms with Crippen molar-refractivity contribution in [3.05, 3.63) is 34.9 Å². The lowest BCUT2D eigenvalue weighted by atomic mass is 9.96. The van der Waals surface area contributed by atoms with Gasteiger partial charge in [0.15, 0.2) is 5.78 Å². The van der Waals surface area contributed by atoms with Crippen molar-refractivity contribution in [2.75, 3.05) is 20.3 Å². The van der Waals surface area contributed by atoms with Crippen molar-refractivity contribution >= 4 is 11.8 Å². The summed E-state index contributed by atoms with van der Waals surface area (Å²) in [5.74, 6) is -0.625. The second-order valence-electron chi connectivity index (χ2n) is 4.69. The lowest BCUT2D eigenvalue weighted by Gasteiger charge is -2.17. The second kappa shape index (κ2) is 7.77. The molecule has 1 rings (SSSR count). The van der Waals surface area contributed by atoms with Crippen LogP contribution >= 0.6 is 0 Å². The molecule has 0 heterocycles. The fourth-order valence-corrected chi connectivity index (χ4v) is 2.02. The third-order valence-corrected chi connectivity index (χ3v) is 3.06. The van der Waals surface area contributed by atoms with E-state index < -0.39 is 12.0 Å². The van der Waals surface area contributed by atoms with Crippen LogP contribution in [-0.2, 0) is 9.53 Å². The Labute approximate surface area is 118 Å². The summed E-state index contributed by atoms with van der Waals surface area (Å²) in [5.41, 5.74) is 2.53. The molecule has 0 saturated carbocycles. The van der Waals surface area contributed by atoms with Crippen molar-refractivity contribution in [1.82, 2.24) is 5.32 Å². The van der Waals surface area contributed by atoms with Crippen molar-refractivity contribution in [2.45, 2.75) is 26.3 Å². The summed E-state index contributed by atoms with van der Waals surface area (Å²) in [6.45, 7) is 3.97. The van der Waals surface area contributed by atoms with Crippen LogP contribution in [-0.4, -0.2) is 43.2 Å². The monoisotopic (exact) mass is 279 g/mol. The van der Waals surface area contributed by atoms with Crippen LogP contribution < -0.4 is 5.32 Å². The third kappa shape index (κ3) is 4.43. The highest BCUT2D eigenvalue weighted by Gasteiger charge is 2.24. The van der Waals surface area contributed by atoms with Gasteiger partial charge in [-0.3, -0.25) is 9.59 Å². The summed E-state index contributed by atoms with van der Waals surface area (Å²) in [7, 11) is 1.28. The van der Waals surface area contributed by atoms with Crippen LogP contribution in [0.25, 0.3) is 0 Å². The number of esters is 1. The summed E-state index contributed by atoms with van der Waals surface area (Å²) in [6, 6.07) is 4.87. The molecule has 5 heteroatoms. The maximum Gasteiger partial charge on any atom is 0.307 e. The number of rotatable bonds is 7. The van der Waals surface area contributed by atoms with E-state index in [2.05, 4.69) is 10.1 Å². The Kier molecular flexibility index (Phi) is 6.35. The molecule has 0 bridgehead atoms. The molecule has 20 heavy (non-hydrogen) atoms. The van der Waals surface area contributed by atoms with Crippen molar-refractivity contribution in [3.8, 4) is 0 Å². The van der Waals surface area contributed by atoms with E-state index in [0.717, 1.165) is 11.1 Å². The van der Waals surface area contributed by atoms with E-state index in [9.17, 15) is 9.59 Å². The highest BCUT2D eigenvalue weighted by Crippen LogP contribution is 2.14. The summed E-state index contributed by atoms with van der Waals surface area (Å²) >= 11 is 0. The van der Waals surface area contributed by atoms with E-state index in [1.54, 1.807) is 6.07 Å². The van der Waals surface area contributed by atoms with E-state index in [-0.39, 0.29) is 25.4 Å². The van der Waals surface area contributed by atoms with Crippen LogP contribution in [0.1, 0.15) is 27.9 Å². The average molecular weight is 279 g/mol. The molecule has 5 nitrogen and oxygen atoms in total. The Bertz CT molecular complexity index is 485. The van der Waals surface area contributed by atoms with E-state index >= 15 is 0 Å². The Morgan fingerprint density at radius 3 is 2.60 bits per heavy atom. The van der Waals surface area contributed by atoms with Crippen LogP contribution in [0.3, 0.4) is 0 Å². The number of benzene rings is 1. The predicted octanol–water partition coefficient (Wildman–Crippen LogP) is 1.000. The van der Waals surface area contributed by atoms with E-state index in [1.807, 2.05) is 26.0 Å². The molecule has 0 amide bonds. The summed E-state index contributed by atoms with van der Waals surface area (Å²) in [5, 5.41) is 11.7. The number of aliphatic hydroxyl groups excluding tert-OH is 1. The molecular weight excluding hydrogens is 258 g/mol. The highest BCUT2D eigenvalue weighted by atomic mass is 16.5. The topological polar surface area (TPSA) is 75.6 Å². The first kappa shape index (κ1) is 16.3. The maximum absolute atomic E-state index is 12.5. The first-order valence-electron chi connectivity index (χ1n) is 6.52. The molecule has 0 fully saturated rings. The number of hydrogen-bond donors (Lipinski definition) is 2. The molecule has 0 radical (unpaired) electrons. The molecule has 0 aliphatic carbocycles. The van der Waals surface area contributed by atoms with Gasteiger partial charge in [-0.1, -0.05) is 23.8 Å². The summed E-state index contributed by atoms with van der Waals surface area (Å²) < 4.78 is 4.60. The summed E-state index contributed by atoms with van der Waals surface area (Å²) in [4.78, 5) is 23.9. The minimum absolute atomic E-state index is 0.0529. The number of carbonyl (C=O) groups excluding carboxylic acids is 2. The Morgan fingerprint density at radius 1 is 1.35 bits per heavy atom. The smallest absolute Gasteiger partial charge is 0.307 e. The van der Waals surface area contributed by atoms with Crippen LogP contribution in [0.5, 0.6) is 0 Å². The lowest BCUT2D eigenvalue weighted by Crippen LogP contribution is -2.40. The molecule has 1 aromatic carbocycles. The molecule has 2 N–H and O–H groups in total. The molecule has 110 valence electrons. The molecule has 1 atom stereocenters. The quantitative estimate of drug-likeness (QED) is 0.575. The molecule has 1 aromatic rings. The number of carbonyl (C=O) groups is 2. The van der Waals surface area contributed by atoms with Gasteiger partial charge >= 0.3 is 5.97 Å². The van der Waals surface area contributed by atoms with Gasteiger partial charge in [-0.25, -0.2) is 0 Å². The third-order valence-electron chi connectivity index (χ3n) is 3.06. The van der Waals surface area contributed by atoms with Gasteiger partial charge in [-0.05, 0) is 19.4 Å². The number of methoxy groups -OCH3 is 1. The zero-order chi connectivity index (χ0) is 15.1. The fraction of sp³-hybridized carbons (Fsp3) is 0.467. The largest absolute Gasteiger partial charge is 0.469 e.